The molecule has 2 rings (SSSR count). The summed E-state index contributed by atoms with van der Waals surface area (Å²) in [4.78, 5) is 6.92. The van der Waals surface area contributed by atoms with Gasteiger partial charge in [-0.1, -0.05) is 37.3 Å². The summed E-state index contributed by atoms with van der Waals surface area (Å²) in [6.45, 7) is 11.3. The zero-order valence-corrected chi connectivity index (χ0v) is 19.6. The number of aliphatic imine (C=N–C) groups is 1. The Balaban J connectivity index is 0.00000364. The fraction of sp³-hybridized carbons (Fsp3) is 0.667. The van der Waals surface area contributed by atoms with E-state index in [1.807, 2.05) is 25.2 Å². The van der Waals surface area contributed by atoms with Crippen molar-refractivity contribution in [1.82, 2.24) is 15.5 Å². The Bertz CT molecular complexity index is 530. The largest absolute Gasteiger partial charge is 0.376 e. The van der Waals surface area contributed by atoms with Crippen molar-refractivity contribution in [3.05, 3.63) is 35.9 Å². The van der Waals surface area contributed by atoms with E-state index in [4.69, 9.17) is 4.74 Å². The summed E-state index contributed by atoms with van der Waals surface area (Å²) in [6, 6.07) is 11.5. The molecule has 1 fully saturated rings. The molecule has 5 nitrogen and oxygen atoms in total. The fourth-order valence-corrected chi connectivity index (χ4v) is 3.23. The van der Waals surface area contributed by atoms with E-state index in [1.54, 1.807) is 0 Å². The van der Waals surface area contributed by atoms with E-state index in [-0.39, 0.29) is 24.0 Å². The molecule has 0 aliphatic carbocycles. The molecule has 6 heteroatoms. The first kappa shape index (κ1) is 24.2. The van der Waals surface area contributed by atoms with Gasteiger partial charge in [-0.15, -0.1) is 24.0 Å². The minimum atomic E-state index is 0. The highest BCUT2D eigenvalue weighted by Gasteiger charge is 2.21. The highest BCUT2D eigenvalue weighted by atomic mass is 127. The SMILES string of the molecule is CN=C(NCC(C)COCc1ccccc1)NC1CCN(C(C)C)CC1.I. The van der Waals surface area contributed by atoms with Gasteiger partial charge in [-0.2, -0.15) is 0 Å². The van der Waals surface area contributed by atoms with Gasteiger partial charge in [0.25, 0.3) is 0 Å². The van der Waals surface area contributed by atoms with Crippen LogP contribution in [0.2, 0.25) is 0 Å². The normalized spacial score (nSPS) is 17.4. The van der Waals surface area contributed by atoms with Gasteiger partial charge >= 0.3 is 0 Å². The van der Waals surface area contributed by atoms with Crippen molar-refractivity contribution >= 4 is 29.9 Å². The summed E-state index contributed by atoms with van der Waals surface area (Å²) >= 11 is 0. The molecule has 0 saturated carbocycles. The summed E-state index contributed by atoms with van der Waals surface area (Å²) < 4.78 is 5.83. The minimum Gasteiger partial charge on any atom is -0.376 e. The predicted molar refractivity (Wildman–Crippen MR) is 125 cm³/mol. The van der Waals surface area contributed by atoms with E-state index in [9.17, 15) is 0 Å². The molecule has 0 aromatic heterocycles. The third-order valence-corrected chi connectivity index (χ3v) is 4.96. The van der Waals surface area contributed by atoms with E-state index in [1.165, 1.54) is 18.4 Å². The molecule has 1 aromatic rings. The van der Waals surface area contributed by atoms with E-state index in [0.717, 1.165) is 32.2 Å². The monoisotopic (exact) mass is 488 g/mol. The van der Waals surface area contributed by atoms with Gasteiger partial charge in [0, 0.05) is 38.8 Å². The maximum atomic E-state index is 5.83. The lowest BCUT2D eigenvalue weighted by molar-refractivity contribution is 0.0930. The van der Waals surface area contributed by atoms with Crippen molar-refractivity contribution in [2.24, 2.45) is 10.9 Å². The summed E-state index contributed by atoms with van der Waals surface area (Å²) in [5.41, 5.74) is 1.22. The van der Waals surface area contributed by atoms with Gasteiger partial charge in [0.1, 0.15) is 0 Å². The lowest BCUT2D eigenvalue weighted by atomic mass is 10.0. The van der Waals surface area contributed by atoms with Crippen molar-refractivity contribution in [3.8, 4) is 0 Å². The first-order chi connectivity index (χ1) is 12.6. The molecule has 1 aromatic carbocycles. The Hall–Kier alpha value is -0.860. The first-order valence-corrected chi connectivity index (χ1v) is 9.91. The molecule has 1 unspecified atom stereocenters. The van der Waals surface area contributed by atoms with Crippen molar-refractivity contribution in [3.63, 3.8) is 0 Å². The van der Waals surface area contributed by atoms with Crippen LogP contribution in [0.25, 0.3) is 0 Å². The number of hydrogen-bond acceptors (Lipinski definition) is 3. The number of guanidine groups is 1. The van der Waals surface area contributed by atoms with E-state index in [0.29, 0.717) is 24.6 Å². The minimum absolute atomic E-state index is 0. The molecule has 27 heavy (non-hydrogen) atoms. The number of halogens is 1. The molecule has 0 spiro atoms. The Morgan fingerprint density at radius 3 is 2.44 bits per heavy atom. The number of nitrogens with one attached hydrogen (secondary N) is 2. The van der Waals surface area contributed by atoms with Crippen LogP contribution in [-0.2, 0) is 11.3 Å². The van der Waals surface area contributed by atoms with Gasteiger partial charge < -0.3 is 20.3 Å². The molecule has 0 bridgehead atoms. The van der Waals surface area contributed by atoms with Gasteiger partial charge in [-0.05, 0) is 38.2 Å². The van der Waals surface area contributed by atoms with Gasteiger partial charge in [-0.25, -0.2) is 0 Å². The summed E-state index contributed by atoms with van der Waals surface area (Å²) in [7, 11) is 1.84. The highest BCUT2D eigenvalue weighted by Crippen LogP contribution is 2.12. The number of benzene rings is 1. The van der Waals surface area contributed by atoms with Crippen LogP contribution in [-0.4, -0.2) is 56.2 Å². The smallest absolute Gasteiger partial charge is 0.191 e. The molecular weight excluding hydrogens is 451 g/mol. The fourth-order valence-electron chi connectivity index (χ4n) is 3.23. The van der Waals surface area contributed by atoms with Crippen LogP contribution in [0.4, 0.5) is 0 Å². The summed E-state index contributed by atoms with van der Waals surface area (Å²) in [5, 5.41) is 7.02. The van der Waals surface area contributed by atoms with Crippen molar-refractivity contribution < 1.29 is 4.74 Å². The van der Waals surface area contributed by atoms with Gasteiger partial charge in [0.05, 0.1) is 13.2 Å². The Morgan fingerprint density at radius 2 is 1.85 bits per heavy atom. The quantitative estimate of drug-likeness (QED) is 0.334. The summed E-state index contributed by atoms with van der Waals surface area (Å²) in [5.74, 6) is 1.34. The van der Waals surface area contributed by atoms with Gasteiger partial charge in [0.15, 0.2) is 5.96 Å². The second-order valence-corrected chi connectivity index (χ2v) is 7.61. The number of nitrogens with zero attached hydrogens (tertiary/aromatic N) is 2. The third kappa shape index (κ3) is 9.25. The molecular formula is C21H37IN4O. The van der Waals surface area contributed by atoms with E-state index >= 15 is 0 Å². The second kappa shape index (κ2) is 13.3. The van der Waals surface area contributed by atoms with Crippen LogP contribution in [0.5, 0.6) is 0 Å². The number of hydrogen-bond donors (Lipinski definition) is 2. The van der Waals surface area contributed by atoms with Crippen LogP contribution in [0.3, 0.4) is 0 Å². The van der Waals surface area contributed by atoms with Gasteiger partial charge in [-0.3, -0.25) is 4.99 Å². The summed E-state index contributed by atoms with van der Waals surface area (Å²) in [6.07, 6.45) is 2.35. The lowest BCUT2D eigenvalue weighted by Crippen LogP contribution is -2.50. The number of piperidine rings is 1. The van der Waals surface area contributed by atoms with Crippen molar-refractivity contribution in [2.45, 2.75) is 52.3 Å². The van der Waals surface area contributed by atoms with Crippen molar-refractivity contribution in [1.29, 1.82) is 0 Å². The topological polar surface area (TPSA) is 48.9 Å². The van der Waals surface area contributed by atoms with Crippen LogP contribution in [0.1, 0.15) is 39.2 Å². The number of ether oxygens (including phenoxy) is 1. The first-order valence-electron chi connectivity index (χ1n) is 9.91. The predicted octanol–water partition coefficient (Wildman–Crippen LogP) is 3.50. The van der Waals surface area contributed by atoms with E-state index < -0.39 is 0 Å². The van der Waals surface area contributed by atoms with E-state index in [2.05, 4.69) is 53.4 Å². The Labute approximate surface area is 182 Å². The van der Waals surface area contributed by atoms with Crippen LogP contribution >= 0.6 is 24.0 Å². The molecule has 154 valence electrons. The van der Waals surface area contributed by atoms with Crippen LogP contribution in [0, 0.1) is 5.92 Å². The Kier molecular flexibility index (Phi) is 11.9. The molecule has 0 radical (unpaired) electrons. The molecule has 2 N–H and O–H groups in total. The zero-order valence-electron chi connectivity index (χ0n) is 17.3. The Morgan fingerprint density at radius 1 is 1.19 bits per heavy atom. The maximum absolute atomic E-state index is 5.83. The molecule has 1 aliphatic rings. The number of rotatable bonds is 8. The zero-order chi connectivity index (χ0) is 18.8. The van der Waals surface area contributed by atoms with Crippen molar-refractivity contribution in [2.75, 3.05) is 33.3 Å². The molecule has 0 amide bonds. The maximum Gasteiger partial charge on any atom is 0.191 e. The standard InChI is InChI=1S/C21H36N4O.HI/c1-17(2)25-12-10-20(11-13-25)24-21(22-4)23-14-18(3)15-26-16-19-8-6-5-7-9-19;/h5-9,17-18,20H,10-16H2,1-4H3,(H2,22,23,24);1H. The molecule has 1 heterocycles. The second-order valence-electron chi connectivity index (χ2n) is 7.61. The lowest BCUT2D eigenvalue weighted by Gasteiger charge is -2.35. The van der Waals surface area contributed by atoms with Gasteiger partial charge in [0.2, 0.25) is 0 Å². The average Bonchev–Trinajstić information content (AvgIpc) is 2.66. The van der Waals surface area contributed by atoms with Crippen LogP contribution in [0.15, 0.2) is 35.3 Å². The average molecular weight is 488 g/mol. The number of likely N-dealkylation sites (tertiary alicyclic amines) is 1. The van der Waals surface area contributed by atoms with Crippen LogP contribution < -0.4 is 10.6 Å². The third-order valence-electron chi connectivity index (χ3n) is 4.96. The highest BCUT2D eigenvalue weighted by molar-refractivity contribution is 14.0. The molecule has 1 aliphatic heterocycles. The molecule has 1 atom stereocenters. The molecule has 1 saturated heterocycles.